The van der Waals surface area contributed by atoms with E-state index in [9.17, 15) is 8.42 Å². The fourth-order valence-electron chi connectivity index (χ4n) is 3.60. The Bertz CT molecular complexity index is 1110. The van der Waals surface area contributed by atoms with Crippen LogP contribution in [0.1, 0.15) is 16.7 Å². The van der Waals surface area contributed by atoms with Crippen LogP contribution < -0.4 is 4.90 Å². The smallest absolute Gasteiger partial charge is 0.225 e. The van der Waals surface area contributed by atoms with Gasteiger partial charge in [-0.1, -0.05) is 36.4 Å². The number of piperazine rings is 1. The first kappa shape index (κ1) is 20.5. The van der Waals surface area contributed by atoms with E-state index in [4.69, 9.17) is 0 Å². The summed E-state index contributed by atoms with van der Waals surface area (Å²) >= 11 is 0. The van der Waals surface area contributed by atoms with E-state index in [0.29, 0.717) is 5.82 Å². The Hall–Kier alpha value is -2.77. The molecule has 0 saturated carbocycles. The quantitative estimate of drug-likeness (QED) is 0.629. The standard InChI is InChI=1S/C23H26N4O2S/c1-18-8-9-21(16-19(18)2)30(28,29)23-11-10-22(24-25-23)27-14-12-26(13-15-27)17-20-6-4-3-5-7-20/h3-11,16H,12-15,17H2,1-2H3. The molecule has 6 nitrogen and oxygen atoms in total. The molecule has 0 amide bonds. The van der Waals surface area contributed by atoms with E-state index < -0.39 is 9.84 Å². The summed E-state index contributed by atoms with van der Waals surface area (Å²) in [5.74, 6) is 0.716. The largest absolute Gasteiger partial charge is 0.353 e. The lowest BCUT2D eigenvalue weighted by Crippen LogP contribution is -2.46. The van der Waals surface area contributed by atoms with Crippen LogP contribution in [0.2, 0.25) is 0 Å². The summed E-state index contributed by atoms with van der Waals surface area (Å²) in [4.78, 5) is 4.82. The van der Waals surface area contributed by atoms with Crippen molar-refractivity contribution in [1.29, 1.82) is 0 Å². The molecule has 0 aliphatic carbocycles. The normalized spacial score (nSPS) is 15.3. The molecular weight excluding hydrogens is 396 g/mol. The highest BCUT2D eigenvalue weighted by Crippen LogP contribution is 2.23. The van der Waals surface area contributed by atoms with Crippen LogP contribution in [-0.4, -0.2) is 49.7 Å². The Morgan fingerprint density at radius 2 is 1.57 bits per heavy atom. The van der Waals surface area contributed by atoms with Crippen molar-refractivity contribution in [2.75, 3.05) is 31.1 Å². The number of rotatable bonds is 5. The van der Waals surface area contributed by atoms with Crippen LogP contribution in [-0.2, 0) is 16.4 Å². The van der Waals surface area contributed by atoms with Gasteiger partial charge in [0.05, 0.1) is 4.90 Å². The molecule has 1 aliphatic rings. The maximum absolute atomic E-state index is 12.9. The number of aryl methyl sites for hydroxylation is 2. The third-order valence-corrected chi connectivity index (χ3v) is 7.28. The van der Waals surface area contributed by atoms with Gasteiger partial charge in [0.25, 0.3) is 0 Å². The molecule has 1 fully saturated rings. The minimum atomic E-state index is -3.67. The van der Waals surface area contributed by atoms with Crippen LogP contribution in [0.5, 0.6) is 0 Å². The topological polar surface area (TPSA) is 66.4 Å². The van der Waals surface area contributed by atoms with Crippen molar-refractivity contribution in [1.82, 2.24) is 15.1 Å². The maximum Gasteiger partial charge on any atom is 0.225 e. The molecule has 3 aromatic rings. The summed E-state index contributed by atoms with van der Waals surface area (Å²) in [5, 5.41) is 8.25. The summed E-state index contributed by atoms with van der Waals surface area (Å²) in [6.07, 6.45) is 0. The number of hydrogen-bond acceptors (Lipinski definition) is 6. The maximum atomic E-state index is 12.9. The minimum Gasteiger partial charge on any atom is -0.353 e. The summed E-state index contributed by atoms with van der Waals surface area (Å²) in [7, 11) is -3.67. The molecule has 0 unspecified atom stereocenters. The third kappa shape index (κ3) is 4.37. The van der Waals surface area contributed by atoms with Crippen molar-refractivity contribution in [3.05, 3.63) is 77.4 Å². The van der Waals surface area contributed by atoms with Gasteiger partial charge >= 0.3 is 0 Å². The molecule has 0 radical (unpaired) electrons. The van der Waals surface area contributed by atoms with Crippen LogP contribution in [0.3, 0.4) is 0 Å². The molecule has 30 heavy (non-hydrogen) atoms. The molecule has 156 valence electrons. The number of hydrogen-bond donors (Lipinski definition) is 0. The predicted octanol–water partition coefficient (Wildman–Crippen LogP) is 3.25. The average Bonchev–Trinajstić information content (AvgIpc) is 2.77. The SMILES string of the molecule is Cc1ccc(S(=O)(=O)c2ccc(N3CCN(Cc4ccccc4)CC3)nn2)cc1C. The Balaban J connectivity index is 1.42. The monoisotopic (exact) mass is 422 g/mol. The molecule has 0 atom stereocenters. The van der Waals surface area contributed by atoms with E-state index in [1.165, 1.54) is 5.56 Å². The van der Waals surface area contributed by atoms with Crippen LogP contribution in [0, 0.1) is 13.8 Å². The van der Waals surface area contributed by atoms with E-state index in [1.54, 1.807) is 24.3 Å². The molecule has 4 rings (SSSR count). The Morgan fingerprint density at radius 3 is 2.20 bits per heavy atom. The van der Waals surface area contributed by atoms with E-state index >= 15 is 0 Å². The number of anilines is 1. The molecule has 1 aromatic heterocycles. The number of nitrogens with zero attached hydrogens (tertiary/aromatic N) is 4. The van der Waals surface area contributed by atoms with Crippen LogP contribution in [0.15, 0.2) is 70.6 Å². The Kier molecular flexibility index (Phi) is 5.83. The van der Waals surface area contributed by atoms with Crippen molar-refractivity contribution in [2.24, 2.45) is 0 Å². The molecule has 1 saturated heterocycles. The minimum absolute atomic E-state index is 0.0165. The highest BCUT2D eigenvalue weighted by Gasteiger charge is 2.22. The highest BCUT2D eigenvalue weighted by atomic mass is 32.2. The zero-order valence-electron chi connectivity index (χ0n) is 17.3. The van der Waals surface area contributed by atoms with Crippen molar-refractivity contribution in [3.63, 3.8) is 0 Å². The summed E-state index contributed by atoms with van der Waals surface area (Å²) in [5.41, 5.74) is 3.31. The lowest BCUT2D eigenvalue weighted by Gasteiger charge is -2.35. The van der Waals surface area contributed by atoms with Crippen LogP contribution in [0.25, 0.3) is 0 Å². The average molecular weight is 423 g/mol. The third-order valence-electron chi connectivity index (χ3n) is 5.64. The number of benzene rings is 2. The fourth-order valence-corrected chi connectivity index (χ4v) is 4.82. The number of aromatic nitrogens is 2. The molecule has 7 heteroatoms. The lowest BCUT2D eigenvalue weighted by atomic mass is 10.1. The fraction of sp³-hybridized carbons (Fsp3) is 0.304. The van der Waals surface area contributed by atoms with E-state index in [0.717, 1.165) is 43.9 Å². The number of sulfone groups is 1. The van der Waals surface area contributed by atoms with Crippen LogP contribution >= 0.6 is 0 Å². The lowest BCUT2D eigenvalue weighted by molar-refractivity contribution is 0.249. The summed E-state index contributed by atoms with van der Waals surface area (Å²) in [6.45, 7) is 8.34. The first-order chi connectivity index (χ1) is 14.4. The second kappa shape index (κ2) is 8.53. The van der Waals surface area contributed by atoms with Gasteiger partial charge in [0.15, 0.2) is 10.8 Å². The first-order valence-electron chi connectivity index (χ1n) is 10.1. The predicted molar refractivity (Wildman–Crippen MR) is 117 cm³/mol. The Labute approximate surface area is 178 Å². The van der Waals surface area contributed by atoms with Gasteiger partial charge in [-0.25, -0.2) is 8.42 Å². The zero-order chi connectivity index (χ0) is 21.1. The van der Waals surface area contributed by atoms with E-state index in [2.05, 4.69) is 44.3 Å². The van der Waals surface area contributed by atoms with Gasteiger partial charge in [0, 0.05) is 32.7 Å². The van der Waals surface area contributed by atoms with Gasteiger partial charge in [0.2, 0.25) is 9.84 Å². The molecular formula is C23H26N4O2S. The highest BCUT2D eigenvalue weighted by molar-refractivity contribution is 7.91. The van der Waals surface area contributed by atoms with Gasteiger partial charge in [-0.3, -0.25) is 4.90 Å². The van der Waals surface area contributed by atoms with Gasteiger partial charge < -0.3 is 4.90 Å². The van der Waals surface area contributed by atoms with Crippen molar-refractivity contribution >= 4 is 15.7 Å². The molecule has 2 aromatic carbocycles. The summed E-state index contributed by atoms with van der Waals surface area (Å²) in [6, 6.07) is 18.9. The molecule has 0 bridgehead atoms. The second-order valence-corrected chi connectivity index (χ2v) is 9.62. The van der Waals surface area contributed by atoms with Crippen molar-refractivity contribution in [2.45, 2.75) is 30.3 Å². The van der Waals surface area contributed by atoms with Gasteiger partial charge in [-0.15, -0.1) is 10.2 Å². The summed E-state index contributed by atoms with van der Waals surface area (Å²) < 4.78 is 25.8. The van der Waals surface area contributed by atoms with Gasteiger partial charge in [-0.05, 0) is 54.8 Å². The Morgan fingerprint density at radius 1 is 0.833 bits per heavy atom. The van der Waals surface area contributed by atoms with Gasteiger partial charge in [0.1, 0.15) is 0 Å². The zero-order valence-corrected chi connectivity index (χ0v) is 18.1. The van der Waals surface area contributed by atoms with Crippen LogP contribution in [0.4, 0.5) is 5.82 Å². The van der Waals surface area contributed by atoms with Crippen molar-refractivity contribution in [3.8, 4) is 0 Å². The molecule has 2 heterocycles. The van der Waals surface area contributed by atoms with E-state index in [-0.39, 0.29) is 9.92 Å². The first-order valence-corrected chi connectivity index (χ1v) is 11.6. The molecule has 0 N–H and O–H groups in total. The van der Waals surface area contributed by atoms with Crippen molar-refractivity contribution < 1.29 is 8.42 Å². The van der Waals surface area contributed by atoms with Gasteiger partial charge in [-0.2, -0.15) is 0 Å². The second-order valence-electron chi connectivity index (χ2n) is 7.73. The molecule has 0 spiro atoms. The van der Waals surface area contributed by atoms with E-state index in [1.807, 2.05) is 26.0 Å². The molecule has 1 aliphatic heterocycles.